The number of carboxylic acid groups (broad SMARTS) is 2. The molecule has 6 nitrogen and oxygen atoms in total. The van der Waals surface area contributed by atoms with Crippen LogP contribution in [0.1, 0.15) is 13.8 Å². The summed E-state index contributed by atoms with van der Waals surface area (Å²) in [7, 11) is 0. The molecule has 1 heterocycles. The van der Waals surface area contributed by atoms with Gasteiger partial charge in [0.1, 0.15) is 18.5 Å². The zero-order valence-corrected chi connectivity index (χ0v) is 16.6. The number of carbonyl (C=O) groups is 2. The Kier molecular flexibility index (Phi) is 9.91. The Hall–Kier alpha value is -3.38. The van der Waals surface area contributed by atoms with E-state index < -0.39 is 11.9 Å². The molecule has 3 rings (SSSR count). The largest absolute Gasteiger partial charge is 0.490 e. The van der Waals surface area contributed by atoms with Gasteiger partial charge in [0, 0.05) is 16.7 Å². The van der Waals surface area contributed by atoms with Gasteiger partial charge in [-0.2, -0.15) is 0 Å². The molecule has 0 spiro atoms. The Labute approximate surface area is 170 Å². The molecule has 1 atom stereocenters. The zero-order valence-electron chi connectivity index (χ0n) is 16.6. The summed E-state index contributed by atoms with van der Waals surface area (Å²) in [4.78, 5) is 19.2. The normalized spacial score (nSPS) is 13.5. The van der Waals surface area contributed by atoms with E-state index in [0.29, 0.717) is 12.7 Å². The van der Waals surface area contributed by atoms with Crippen molar-refractivity contribution in [1.29, 1.82) is 0 Å². The van der Waals surface area contributed by atoms with Gasteiger partial charge in [0.25, 0.3) is 0 Å². The lowest BCUT2D eigenvalue weighted by Crippen LogP contribution is -2.04. The Bertz CT molecular complexity index is 789. The summed E-state index contributed by atoms with van der Waals surface area (Å²) in [6, 6.07) is 18.4. The predicted octanol–water partition coefficient (Wildman–Crippen LogP) is 4.43. The molecule has 1 unspecified atom stereocenters. The van der Waals surface area contributed by atoms with Crippen molar-refractivity contribution < 1.29 is 29.3 Å². The first-order valence-electron chi connectivity index (χ1n) is 8.88. The highest BCUT2D eigenvalue weighted by Gasteiger charge is 2.23. The average molecular weight is 398 g/mol. The minimum Gasteiger partial charge on any atom is -0.490 e. The topological polar surface area (TPSA) is 96.4 Å². The Morgan fingerprint density at radius 2 is 1.41 bits per heavy atom. The third-order valence-electron chi connectivity index (χ3n) is 3.53. The van der Waals surface area contributed by atoms with E-state index in [9.17, 15) is 9.59 Å². The van der Waals surface area contributed by atoms with Crippen molar-refractivity contribution in [2.45, 2.75) is 20.0 Å². The molecule has 0 bridgehead atoms. The van der Waals surface area contributed by atoms with Gasteiger partial charge in [0.2, 0.25) is 0 Å². The van der Waals surface area contributed by atoms with Crippen LogP contribution in [0.4, 0.5) is 0 Å². The molecular weight excluding hydrogens is 372 g/mol. The lowest BCUT2D eigenvalue weighted by Gasteiger charge is -2.10. The molecule has 154 valence electrons. The highest BCUT2D eigenvalue weighted by atomic mass is 16.6. The molecule has 2 aromatic carbocycles. The highest BCUT2D eigenvalue weighted by Crippen LogP contribution is 2.30. The molecule has 2 aromatic rings. The summed E-state index contributed by atoms with van der Waals surface area (Å²) in [5, 5.41) is 15.8. The SMILES string of the molecule is C=C(C)C(=O)O.C=C(C)C(=O)O.c1ccc(-c2ccccc2OCC2CO2)cc1. The maximum absolute atomic E-state index is 9.60. The van der Waals surface area contributed by atoms with Crippen LogP contribution in [0.2, 0.25) is 0 Å². The maximum atomic E-state index is 9.60. The molecule has 0 aromatic heterocycles. The first-order valence-corrected chi connectivity index (χ1v) is 8.88. The minimum atomic E-state index is -0.935. The van der Waals surface area contributed by atoms with Gasteiger partial charge in [0.15, 0.2) is 0 Å². The molecule has 1 saturated heterocycles. The summed E-state index contributed by atoms with van der Waals surface area (Å²) in [6.45, 7) is 10.7. The molecule has 1 aliphatic rings. The Balaban J connectivity index is 0.000000293. The van der Waals surface area contributed by atoms with Crippen LogP contribution in [-0.4, -0.2) is 41.5 Å². The van der Waals surface area contributed by atoms with E-state index in [2.05, 4.69) is 31.4 Å². The van der Waals surface area contributed by atoms with Crippen LogP contribution in [0.3, 0.4) is 0 Å². The van der Waals surface area contributed by atoms with Crippen molar-refractivity contribution in [3.8, 4) is 16.9 Å². The monoisotopic (exact) mass is 398 g/mol. The second-order valence-corrected chi connectivity index (χ2v) is 6.30. The van der Waals surface area contributed by atoms with Gasteiger partial charge in [-0.3, -0.25) is 0 Å². The second kappa shape index (κ2) is 12.2. The molecule has 1 aliphatic heterocycles. The fraction of sp³-hybridized carbons (Fsp3) is 0.217. The van der Waals surface area contributed by atoms with E-state index in [4.69, 9.17) is 19.7 Å². The molecule has 6 heteroatoms. The molecule has 2 N–H and O–H groups in total. The third-order valence-corrected chi connectivity index (χ3v) is 3.53. The summed E-state index contributed by atoms with van der Waals surface area (Å²) in [5.74, 6) is -0.945. The number of carboxylic acids is 2. The van der Waals surface area contributed by atoms with Crippen molar-refractivity contribution in [2.24, 2.45) is 0 Å². The van der Waals surface area contributed by atoms with E-state index in [1.54, 1.807) is 0 Å². The van der Waals surface area contributed by atoms with E-state index in [0.717, 1.165) is 17.9 Å². The Morgan fingerprint density at radius 3 is 1.86 bits per heavy atom. The number of benzene rings is 2. The van der Waals surface area contributed by atoms with Crippen LogP contribution in [0, 0.1) is 0 Å². The highest BCUT2D eigenvalue weighted by molar-refractivity contribution is 5.85. The molecular formula is C23H26O6. The number of para-hydroxylation sites is 1. The molecule has 0 radical (unpaired) electrons. The molecule has 29 heavy (non-hydrogen) atoms. The lowest BCUT2D eigenvalue weighted by molar-refractivity contribution is -0.133. The summed E-state index contributed by atoms with van der Waals surface area (Å²) >= 11 is 0. The van der Waals surface area contributed by atoms with Gasteiger partial charge < -0.3 is 19.7 Å². The zero-order chi connectivity index (χ0) is 21.8. The van der Waals surface area contributed by atoms with Crippen LogP contribution >= 0.6 is 0 Å². The maximum Gasteiger partial charge on any atom is 0.330 e. The number of rotatable bonds is 6. The van der Waals surface area contributed by atoms with Gasteiger partial charge in [-0.15, -0.1) is 0 Å². The van der Waals surface area contributed by atoms with E-state index in [-0.39, 0.29) is 11.1 Å². The van der Waals surface area contributed by atoms with E-state index in [1.165, 1.54) is 19.4 Å². The van der Waals surface area contributed by atoms with Gasteiger partial charge in [-0.25, -0.2) is 9.59 Å². The van der Waals surface area contributed by atoms with Crippen LogP contribution in [-0.2, 0) is 14.3 Å². The number of epoxide rings is 1. The van der Waals surface area contributed by atoms with Gasteiger partial charge in [0.05, 0.1) is 6.61 Å². The van der Waals surface area contributed by atoms with Crippen LogP contribution in [0.25, 0.3) is 11.1 Å². The fourth-order valence-corrected chi connectivity index (χ4v) is 1.80. The summed E-state index contributed by atoms with van der Waals surface area (Å²) in [6.07, 6.45) is 0.291. The van der Waals surface area contributed by atoms with Crippen LogP contribution < -0.4 is 4.74 Å². The van der Waals surface area contributed by atoms with E-state index >= 15 is 0 Å². The first-order chi connectivity index (χ1) is 13.7. The number of ether oxygens (including phenoxy) is 2. The number of hydrogen-bond donors (Lipinski definition) is 2. The summed E-state index contributed by atoms with van der Waals surface area (Å²) < 4.78 is 10.9. The number of aliphatic carboxylic acids is 2. The minimum absolute atomic E-state index is 0.176. The second-order valence-electron chi connectivity index (χ2n) is 6.30. The van der Waals surface area contributed by atoms with Crippen molar-refractivity contribution in [2.75, 3.05) is 13.2 Å². The standard InChI is InChI=1S/C15H14O2.2C4H6O2/c1-2-6-12(7-3-1)14-8-4-5-9-15(14)17-11-13-10-16-13;2*1-3(2)4(5)6/h1-9,13H,10-11H2;2*1H2,2H3,(H,5,6). The first kappa shape index (κ1) is 23.7. The average Bonchev–Trinajstić information content (AvgIpc) is 3.52. The third kappa shape index (κ3) is 9.93. The van der Waals surface area contributed by atoms with Crippen molar-refractivity contribution >= 4 is 11.9 Å². The van der Waals surface area contributed by atoms with Gasteiger partial charge >= 0.3 is 11.9 Å². The molecule has 0 aliphatic carbocycles. The van der Waals surface area contributed by atoms with Crippen molar-refractivity contribution in [3.63, 3.8) is 0 Å². The van der Waals surface area contributed by atoms with Crippen LogP contribution in [0.5, 0.6) is 5.75 Å². The van der Waals surface area contributed by atoms with Crippen molar-refractivity contribution in [1.82, 2.24) is 0 Å². The van der Waals surface area contributed by atoms with Crippen LogP contribution in [0.15, 0.2) is 78.9 Å². The molecule has 0 amide bonds. The van der Waals surface area contributed by atoms with Crippen molar-refractivity contribution in [3.05, 3.63) is 78.9 Å². The fourth-order valence-electron chi connectivity index (χ4n) is 1.80. The van der Waals surface area contributed by atoms with E-state index in [1.807, 2.05) is 36.4 Å². The lowest BCUT2D eigenvalue weighted by atomic mass is 10.1. The quantitative estimate of drug-likeness (QED) is 0.552. The van der Waals surface area contributed by atoms with Gasteiger partial charge in [-0.05, 0) is 25.5 Å². The molecule has 1 fully saturated rings. The van der Waals surface area contributed by atoms with Gasteiger partial charge in [-0.1, -0.05) is 61.7 Å². The summed E-state index contributed by atoms with van der Waals surface area (Å²) in [5.41, 5.74) is 2.67. The Morgan fingerprint density at radius 1 is 0.966 bits per heavy atom. The smallest absolute Gasteiger partial charge is 0.330 e. The molecule has 0 saturated carbocycles. The number of hydrogen-bond acceptors (Lipinski definition) is 4. The predicted molar refractivity (Wildman–Crippen MR) is 112 cm³/mol.